The first-order valence-electron chi connectivity index (χ1n) is 6.02. The Bertz CT molecular complexity index is 419. The second-order valence-corrected chi connectivity index (χ2v) is 4.04. The van der Waals surface area contributed by atoms with Gasteiger partial charge in [-0.3, -0.25) is 4.79 Å². The number of unbranched alkanes of at least 4 members (excludes halogenated alkanes) is 1. The Morgan fingerprint density at radius 1 is 1.32 bits per heavy atom. The maximum absolute atomic E-state index is 12.2. The van der Waals surface area contributed by atoms with Crippen LogP contribution >= 0.6 is 0 Å². The second-order valence-electron chi connectivity index (χ2n) is 4.04. The Labute approximate surface area is 109 Å². The van der Waals surface area contributed by atoms with E-state index in [1.54, 1.807) is 6.07 Å². The van der Waals surface area contributed by atoms with E-state index in [1.165, 1.54) is 18.2 Å². The number of hydrogen-bond acceptors (Lipinski definition) is 2. The lowest BCUT2D eigenvalue weighted by Gasteiger charge is -2.13. The van der Waals surface area contributed by atoms with Crippen LogP contribution in [0.5, 0.6) is 5.75 Å². The third-order valence-corrected chi connectivity index (χ3v) is 2.43. The van der Waals surface area contributed by atoms with Gasteiger partial charge < -0.3 is 10.1 Å². The van der Waals surface area contributed by atoms with Gasteiger partial charge in [-0.1, -0.05) is 31.5 Å². The smallest absolute Gasteiger partial charge is 0.405 e. The van der Waals surface area contributed by atoms with Crippen LogP contribution in [-0.2, 0) is 11.3 Å². The molecule has 0 saturated heterocycles. The predicted octanol–water partition coefficient (Wildman–Crippen LogP) is 3.39. The van der Waals surface area contributed by atoms with Crippen LogP contribution in [-0.4, -0.2) is 12.3 Å². The van der Waals surface area contributed by atoms with Crippen molar-refractivity contribution in [3.8, 4) is 5.75 Å². The number of nitrogens with one attached hydrogen (secondary N) is 1. The summed E-state index contributed by atoms with van der Waals surface area (Å²) in [4.78, 5) is 11.4. The molecule has 0 bridgehead atoms. The molecule has 0 radical (unpaired) electrons. The molecule has 0 unspecified atom stereocenters. The Balaban J connectivity index is 2.60. The van der Waals surface area contributed by atoms with Crippen molar-refractivity contribution in [1.29, 1.82) is 0 Å². The lowest BCUT2D eigenvalue weighted by Crippen LogP contribution is -2.24. The molecule has 1 aromatic rings. The molecule has 0 spiro atoms. The molecular weight excluding hydrogens is 259 g/mol. The summed E-state index contributed by atoms with van der Waals surface area (Å²) in [5, 5.41) is 2.57. The average molecular weight is 275 g/mol. The molecular formula is C13H16F3NO2. The van der Waals surface area contributed by atoms with Crippen LogP contribution < -0.4 is 10.1 Å². The minimum atomic E-state index is -4.73. The number of halogens is 3. The monoisotopic (exact) mass is 275 g/mol. The topological polar surface area (TPSA) is 38.3 Å². The number of hydrogen-bond donors (Lipinski definition) is 1. The number of benzene rings is 1. The van der Waals surface area contributed by atoms with E-state index in [0.717, 1.165) is 12.8 Å². The van der Waals surface area contributed by atoms with Gasteiger partial charge >= 0.3 is 6.36 Å². The molecule has 0 aromatic heterocycles. The van der Waals surface area contributed by atoms with Gasteiger partial charge in [0, 0.05) is 18.5 Å². The molecule has 0 aliphatic rings. The molecule has 1 aromatic carbocycles. The highest BCUT2D eigenvalue weighted by Gasteiger charge is 2.31. The maximum atomic E-state index is 12.2. The molecule has 0 fully saturated rings. The lowest BCUT2D eigenvalue weighted by molar-refractivity contribution is -0.274. The van der Waals surface area contributed by atoms with Crippen molar-refractivity contribution in [3.05, 3.63) is 29.8 Å². The largest absolute Gasteiger partial charge is 0.573 e. The maximum Gasteiger partial charge on any atom is 0.573 e. The van der Waals surface area contributed by atoms with Crippen molar-refractivity contribution in [2.24, 2.45) is 0 Å². The Morgan fingerprint density at radius 2 is 2.00 bits per heavy atom. The van der Waals surface area contributed by atoms with Gasteiger partial charge in [0.15, 0.2) is 0 Å². The van der Waals surface area contributed by atoms with E-state index in [-0.39, 0.29) is 18.2 Å². The quantitative estimate of drug-likeness (QED) is 0.864. The molecule has 0 heterocycles. The molecule has 0 aliphatic carbocycles. The Morgan fingerprint density at radius 3 is 2.63 bits per heavy atom. The van der Waals surface area contributed by atoms with Crippen LogP contribution in [0.2, 0.25) is 0 Å². The van der Waals surface area contributed by atoms with Gasteiger partial charge in [0.1, 0.15) is 5.75 Å². The minimum Gasteiger partial charge on any atom is -0.405 e. The van der Waals surface area contributed by atoms with E-state index in [4.69, 9.17) is 0 Å². The third kappa shape index (κ3) is 6.13. The van der Waals surface area contributed by atoms with Gasteiger partial charge in [-0.2, -0.15) is 0 Å². The molecule has 19 heavy (non-hydrogen) atoms. The number of alkyl halides is 3. The molecule has 1 rings (SSSR count). The number of carbonyl (C=O) groups is 1. The highest BCUT2D eigenvalue weighted by molar-refractivity contribution is 5.75. The third-order valence-electron chi connectivity index (χ3n) is 2.43. The van der Waals surface area contributed by atoms with Gasteiger partial charge in [0.05, 0.1) is 0 Å². The molecule has 106 valence electrons. The average Bonchev–Trinajstić information content (AvgIpc) is 2.33. The van der Waals surface area contributed by atoms with Gasteiger partial charge in [0.25, 0.3) is 0 Å². The summed E-state index contributed by atoms with van der Waals surface area (Å²) in [6.07, 6.45) is -2.71. The molecule has 6 heteroatoms. The zero-order valence-corrected chi connectivity index (χ0v) is 10.6. The summed E-state index contributed by atoms with van der Waals surface area (Å²) in [5.41, 5.74) is 0.296. The molecule has 1 amide bonds. The van der Waals surface area contributed by atoms with Crippen molar-refractivity contribution in [2.75, 3.05) is 0 Å². The highest BCUT2D eigenvalue weighted by atomic mass is 19.4. The van der Waals surface area contributed by atoms with E-state index in [2.05, 4.69) is 10.1 Å². The minimum absolute atomic E-state index is 0.0226. The SMILES string of the molecule is CCCCC(=O)NCc1ccccc1OC(F)(F)F. The number of ether oxygens (including phenoxy) is 1. The summed E-state index contributed by atoms with van der Waals surface area (Å²) in [5.74, 6) is -0.463. The standard InChI is InChI=1S/C13H16F3NO2/c1-2-3-8-12(18)17-9-10-6-4-5-7-11(10)19-13(14,15)16/h4-7H,2-3,8-9H2,1H3,(H,17,18). The number of amides is 1. The molecule has 3 nitrogen and oxygen atoms in total. The van der Waals surface area contributed by atoms with Crippen molar-refractivity contribution in [3.63, 3.8) is 0 Å². The number of rotatable bonds is 6. The van der Waals surface area contributed by atoms with E-state index >= 15 is 0 Å². The van der Waals surface area contributed by atoms with Crippen LogP contribution in [0.3, 0.4) is 0 Å². The first-order chi connectivity index (χ1) is 8.92. The summed E-state index contributed by atoms with van der Waals surface area (Å²) in [6, 6.07) is 5.75. The van der Waals surface area contributed by atoms with Crippen molar-refractivity contribution in [2.45, 2.75) is 39.1 Å². The summed E-state index contributed by atoms with van der Waals surface area (Å²) in [7, 11) is 0. The fourth-order valence-corrected chi connectivity index (χ4v) is 1.49. The zero-order chi connectivity index (χ0) is 14.3. The fourth-order valence-electron chi connectivity index (χ4n) is 1.49. The molecule has 1 N–H and O–H groups in total. The fraction of sp³-hybridized carbons (Fsp3) is 0.462. The summed E-state index contributed by atoms with van der Waals surface area (Å²) >= 11 is 0. The van der Waals surface area contributed by atoms with Gasteiger partial charge in [0.2, 0.25) is 5.91 Å². The van der Waals surface area contributed by atoms with Crippen molar-refractivity contribution < 1.29 is 22.7 Å². The first-order valence-corrected chi connectivity index (χ1v) is 6.02. The first kappa shape index (κ1) is 15.3. The Hall–Kier alpha value is -1.72. The number of para-hydroxylation sites is 1. The van der Waals surface area contributed by atoms with E-state index < -0.39 is 6.36 Å². The Kier molecular flexibility index (Phi) is 5.66. The normalized spacial score (nSPS) is 11.2. The van der Waals surface area contributed by atoms with E-state index in [1.807, 2.05) is 6.92 Å². The van der Waals surface area contributed by atoms with Crippen LogP contribution in [0.1, 0.15) is 31.7 Å². The van der Waals surface area contributed by atoms with Crippen LogP contribution in [0.4, 0.5) is 13.2 Å². The second kappa shape index (κ2) is 7.01. The van der Waals surface area contributed by atoms with Gasteiger partial charge in [-0.15, -0.1) is 13.2 Å². The molecule has 0 aliphatic heterocycles. The molecule has 0 atom stereocenters. The van der Waals surface area contributed by atoms with Gasteiger partial charge in [-0.05, 0) is 12.5 Å². The van der Waals surface area contributed by atoms with Crippen molar-refractivity contribution >= 4 is 5.91 Å². The van der Waals surface area contributed by atoms with Crippen molar-refractivity contribution in [1.82, 2.24) is 5.32 Å². The number of carbonyl (C=O) groups excluding carboxylic acids is 1. The zero-order valence-electron chi connectivity index (χ0n) is 10.6. The van der Waals surface area contributed by atoms with Gasteiger partial charge in [-0.25, -0.2) is 0 Å². The lowest BCUT2D eigenvalue weighted by atomic mass is 10.2. The van der Waals surface area contributed by atoms with Crippen LogP contribution in [0, 0.1) is 0 Å². The molecule has 0 saturated carbocycles. The predicted molar refractivity (Wildman–Crippen MR) is 64.5 cm³/mol. The summed E-state index contributed by atoms with van der Waals surface area (Å²) < 4.78 is 40.4. The highest BCUT2D eigenvalue weighted by Crippen LogP contribution is 2.26. The van der Waals surface area contributed by atoms with Crippen LogP contribution in [0.15, 0.2) is 24.3 Å². The van der Waals surface area contributed by atoms with Crippen LogP contribution in [0.25, 0.3) is 0 Å². The van der Waals surface area contributed by atoms with E-state index in [0.29, 0.717) is 12.0 Å². The summed E-state index contributed by atoms with van der Waals surface area (Å²) in [6.45, 7) is 1.98. The van der Waals surface area contributed by atoms with E-state index in [9.17, 15) is 18.0 Å².